The van der Waals surface area contributed by atoms with Gasteiger partial charge in [0, 0.05) is 18.1 Å². The number of hydrogen-bond donors (Lipinski definition) is 1. The number of hydrogen-bond acceptors (Lipinski definition) is 3. The van der Waals surface area contributed by atoms with Gasteiger partial charge in [-0.1, -0.05) is 18.2 Å². The van der Waals surface area contributed by atoms with Gasteiger partial charge >= 0.3 is 0 Å². The highest BCUT2D eigenvalue weighted by Crippen LogP contribution is 2.27. The number of benzene rings is 2. The Morgan fingerprint density at radius 1 is 0.950 bits per heavy atom. The monoisotopic (exact) mass is 291 g/mol. The van der Waals surface area contributed by atoms with Crippen LogP contribution in [0.25, 0.3) is 0 Å². The fraction of sp³-hybridized carbons (Fsp3) is 0.250. The Labute approximate surface area is 124 Å². The number of nitrogens with one attached hydrogen (secondary N) is 1. The number of ether oxygens (including phenoxy) is 2. The Kier molecular flexibility index (Phi) is 5.13. The molecule has 106 valence electrons. The molecule has 2 aromatic rings. The van der Waals surface area contributed by atoms with E-state index in [0.717, 1.165) is 28.3 Å². The summed E-state index contributed by atoms with van der Waals surface area (Å²) in [4.78, 5) is 0. The first-order chi connectivity index (χ1) is 9.76. The molecule has 0 fully saturated rings. The van der Waals surface area contributed by atoms with Crippen molar-refractivity contribution in [3.05, 3.63) is 53.6 Å². The van der Waals surface area contributed by atoms with Gasteiger partial charge in [0.05, 0.1) is 14.2 Å². The maximum atomic E-state index is 5.83. The molecule has 0 bridgehead atoms. The van der Waals surface area contributed by atoms with E-state index in [1.54, 1.807) is 14.2 Å². The molecule has 0 atom stereocenters. The van der Waals surface area contributed by atoms with Gasteiger partial charge in [0.1, 0.15) is 0 Å². The van der Waals surface area contributed by atoms with Gasteiger partial charge in [0.2, 0.25) is 0 Å². The summed E-state index contributed by atoms with van der Waals surface area (Å²) in [6, 6.07) is 14.0. The molecule has 0 unspecified atom stereocenters. The van der Waals surface area contributed by atoms with E-state index in [9.17, 15) is 0 Å². The second-order valence-corrected chi connectivity index (χ2v) is 4.64. The van der Waals surface area contributed by atoms with Crippen LogP contribution in [0.5, 0.6) is 11.5 Å². The van der Waals surface area contributed by atoms with E-state index >= 15 is 0 Å². The molecule has 20 heavy (non-hydrogen) atoms. The lowest BCUT2D eigenvalue weighted by atomic mass is 10.2. The maximum Gasteiger partial charge on any atom is 0.161 e. The lowest BCUT2D eigenvalue weighted by Crippen LogP contribution is -2.00. The highest BCUT2D eigenvalue weighted by Gasteiger charge is 2.04. The number of methoxy groups -OCH3 is 2. The van der Waals surface area contributed by atoms with E-state index < -0.39 is 0 Å². The average Bonchev–Trinajstić information content (AvgIpc) is 2.52. The molecular formula is C16H18ClNO2. The zero-order chi connectivity index (χ0) is 14.4. The second kappa shape index (κ2) is 7.06. The van der Waals surface area contributed by atoms with E-state index in [1.165, 1.54) is 0 Å². The smallest absolute Gasteiger partial charge is 0.161 e. The van der Waals surface area contributed by atoms with E-state index in [0.29, 0.717) is 12.4 Å². The van der Waals surface area contributed by atoms with Crippen LogP contribution in [0.15, 0.2) is 42.5 Å². The van der Waals surface area contributed by atoms with Gasteiger partial charge < -0.3 is 14.8 Å². The fourth-order valence-electron chi connectivity index (χ4n) is 1.96. The molecule has 2 rings (SSSR count). The van der Waals surface area contributed by atoms with Crippen LogP contribution in [0.4, 0.5) is 5.69 Å². The molecule has 0 amide bonds. The normalized spacial score (nSPS) is 10.2. The molecule has 0 aliphatic carbocycles. The van der Waals surface area contributed by atoms with Crippen molar-refractivity contribution in [1.29, 1.82) is 0 Å². The predicted octanol–water partition coefficient (Wildman–Crippen LogP) is 4.05. The Morgan fingerprint density at radius 3 is 2.45 bits per heavy atom. The zero-order valence-corrected chi connectivity index (χ0v) is 12.4. The summed E-state index contributed by atoms with van der Waals surface area (Å²) in [5.74, 6) is 1.99. The molecule has 3 nitrogen and oxygen atoms in total. The van der Waals surface area contributed by atoms with Crippen LogP contribution in [-0.2, 0) is 12.4 Å². The molecule has 0 aliphatic rings. The van der Waals surface area contributed by atoms with Gasteiger partial charge in [0.25, 0.3) is 0 Å². The predicted molar refractivity (Wildman–Crippen MR) is 82.9 cm³/mol. The first-order valence-electron chi connectivity index (χ1n) is 6.36. The molecule has 0 spiro atoms. The van der Waals surface area contributed by atoms with Gasteiger partial charge in [-0.25, -0.2) is 0 Å². The minimum atomic E-state index is 0.520. The molecule has 0 heterocycles. The van der Waals surface area contributed by atoms with Crippen molar-refractivity contribution < 1.29 is 9.47 Å². The second-order valence-electron chi connectivity index (χ2n) is 4.38. The summed E-state index contributed by atoms with van der Waals surface area (Å²) >= 11 is 5.83. The topological polar surface area (TPSA) is 30.5 Å². The first kappa shape index (κ1) is 14.5. The van der Waals surface area contributed by atoms with Gasteiger partial charge in [0.15, 0.2) is 11.5 Å². The average molecular weight is 292 g/mol. The van der Waals surface area contributed by atoms with Crippen LogP contribution in [-0.4, -0.2) is 14.2 Å². The number of rotatable bonds is 6. The largest absolute Gasteiger partial charge is 0.493 e. The molecule has 1 N–H and O–H groups in total. The molecule has 2 aromatic carbocycles. The Morgan fingerprint density at radius 2 is 1.75 bits per heavy atom. The van der Waals surface area contributed by atoms with E-state index in [1.807, 2.05) is 42.5 Å². The van der Waals surface area contributed by atoms with Gasteiger partial charge in [-0.05, 0) is 35.4 Å². The summed E-state index contributed by atoms with van der Waals surface area (Å²) in [5, 5.41) is 3.37. The van der Waals surface area contributed by atoms with Crippen molar-refractivity contribution in [2.24, 2.45) is 0 Å². The molecule has 0 radical (unpaired) electrons. The highest BCUT2D eigenvalue weighted by molar-refractivity contribution is 6.17. The SMILES string of the molecule is COc1ccc(CNc2cccc(CCl)c2)cc1OC. The van der Waals surface area contributed by atoms with Crippen LogP contribution in [0.3, 0.4) is 0 Å². The molecule has 0 saturated carbocycles. The van der Waals surface area contributed by atoms with Crippen LogP contribution in [0.2, 0.25) is 0 Å². The van der Waals surface area contributed by atoms with Crippen LogP contribution >= 0.6 is 11.6 Å². The van der Waals surface area contributed by atoms with E-state index in [4.69, 9.17) is 21.1 Å². The zero-order valence-electron chi connectivity index (χ0n) is 11.7. The molecular weight excluding hydrogens is 274 g/mol. The van der Waals surface area contributed by atoms with Crippen molar-refractivity contribution in [2.45, 2.75) is 12.4 Å². The highest BCUT2D eigenvalue weighted by atomic mass is 35.5. The van der Waals surface area contributed by atoms with Crippen LogP contribution in [0.1, 0.15) is 11.1 Å². The van der Waals surface area contributed by atoms with Crippen molar-refractivity contribution >= 4 is 17.3 Å². The lowest BCUT2D eigenvalue weighted by molar-refractivity contribution is 0.354. The fourth-order valence-corrected chi connectivity index (χ4v) is 2.13. The molecule has 0 aliphatic heterocycles. The van der Waals surface area contributed by atoms with Crippen molar-refractivity contribution in [2.75, 3.05) is 19.5 Å². The van der Waals surface area contributed by atoms with Crippen molar-refractivity contribution in [1.82, 2.24) is 0 Å². The summed E-state index contributed by atoms with van der Waals surface area (Å²) in [6.07, 6.45) is 0. The lowest BCUT2D eigenvalue weighted by Gasteiger charge is -2.11. The third-order valence-corrected chi connectivity index (χ3v) is 3.33. The Hall–Kier alpha value is -1.87. The third kappa shape index (κ3) is 3.58. The number of halogens is 1. The molecule has 0 saturated heterocycles. The van der Waals surface area contributed by atoms with Crippen molar-refractivity contribution in [3.8, 4) is 11.5 Å². The summed E-state index contributed by atoms with van der Waals surface area (Å²) in [6.45, 7) is 0.714. The Balaban J connectivity index is 2.06. The van der Waals surface area contributed by atoms with Crippen molar-refractivity contribution in [3.63, 3.8) is 0 Å². The number of anilines is 1. The molecule has 0 aromatic heterocycles. The minimum absolute atomic E-state index is 0.520. The summed E-state index contributed by atoms with van der Waals surface area (Å²) < 4.78 is 10.5. The van der Waals surface area contributed by atoms with Crippen LogP contribution in [0, 0.1) is 0 Å². The van der Waals surface area contributed by atoms with Gasteiger partial charge in [-0.2, -0.15) is 0 Å². The standard InChI is InChI=1S/C16H18ClNO2/c1-19-15-7-6-13(9-16(15)20-2)11-18-14-5-3-4-12(8-14)10-17/h3-9,18H,10-11H2,1-2H3. The third-order valence-electron chi connectivity index (χ3n) is 3.03. The Bertz CT molecular complexity index is 572. The molecule has 4 heteroatoms. The summed E-state index contributed by atoms with van der Waals surface area (Å²) in [7, 11) is 3.27. The minimum Gasteiger partial charge on any atom is -0.493 e. The summed E-state index contributed by atoms with van der Waals surface area (Å²) in [5.41, 5.74) is 3.28. The van der Waals surface area contributed by atoms with Gasteiger partial charge in [-0.15, -0.1) is 11.6 Å². The van der Waals surface area contributed by atoms with E-state index in [-0.39, 0.29) is 0 Å². The van der Waals surface area contributed by atoms with E-state index in [2.05, 4.69) is 5.32 Å². The van der Waals surface area contributed by atoms with Gasteiger partial charge in [-0.3, -0.25) is 0 Å². The van der Waals surface area contributed by atoms with Crippen LogP contribution < -0.4 is 14.8 Å². The quantitative estimate of drug-likeness (QED) is 0.814. The maximum absolute atomic E-state index is 5.83. The number of alkyl halides is 1. The first-order valence-corrected chi connectivity index (χ1v) is 6.90.